The van der Waals surface area contributed by atoms with Gasteiger partial charge in [-0.1, -0.05) is 12.1 Å². The summed E-state index contributed by atoms with van der Waals surface area (Å²) in [6.45, 7) is 2.67. The first-order valence-electron chi connectivity index (χ1n) is 20.5. The molecule has 27 nitrogen and oxygen atoms in total. The zero-order chi connectivity index (χ0) is 50.0. The molecule has 0 bridgehead atoms. The van der Waals surface area contributed by atoms with Gasteiger partial charge in [-0.15, -0.1) is 0 Å². The number of aromatic hydroxyl groups is 1. The van der Waals surface area contributed by atoms with Crippen LogP contribution in [0.5, 0.6) is 5.75 Å². The molecule has 0 aromatic heterocycles. The number of primary amides is 1. The van der Waals surface area contributed by atoms with Crippen LogP contribution >= 0.6 is 0 Å². The van der Waals surface area contributed by atoms with Gasteiger partial charge in [0, 0.05) is 13.0 Å². The van der Waals surface area contributed by atoms with Crippen LogP contribution in [-0.4, -0.2) is 182 Å². The molecular weight excluding hydrogens is 878 g/mol. The fraction of sp³-hybridized carbons (Fsp3) is 0.564. The zero-order valence-corrected chi connectivity index (χ0v) is 36.6. The van der Waals surface area contributed by atoms with Crippen LogP contribution in [0.1, 0.15) is 52.5 Å². The van der Waals surface area contributed by atoms with E-state index >= 15 is 0 Å². The summed E-state index contributed by atoms with van der Waals surface area (Å²) in [5, 5.41) is 66.7. The number of benzene rings is 1. The monoisotopic (exact) mass is 937 g/mol. The number of aliphatic carboxylic acids is 1. The number of carboxylic acid groups (broad SMARTS) is 1. The highest BCUT2D eigenvalue weighted by molar-refractivity contribution is 5.98. The van der Waals surface area contributed by atoms with Gasteiger partial charge in [-0.25, -0.2) is 4.79 Å². The molecule has 1 fully saturated rings. The second kappa shape index (κ2) is 26.1. The van der Waals surface area contributed by atoms with Crippen molar-refractivity contribution in [3.8, 4) is 5.75 Å². The minimum atomic E-state index is -1.76. The predicted molar refractivity (Wildman–Crippen MR) is 225 cm³/mol. The van der Waals surface area contributed by atoms with Crippen LogP contribution in [0.3, 0.4) is 0 Å². The largest absolute Gasteiger partial charge is 0.508 e. The molecule has 66 heavy (non-hydrogen) atoms. The molecule has 0 aliphatic carbocycles. The molecule has 1 aromatic carbocycles. The standard InChI is InChI=1S/C39H59N11O16/c1-17(43-37(63)31(20(4)53)49-35(61)26-6-5-11-50(26)38(64)18(2)44-36(62)30(19(3)52)48-28(56)14-40)32(58)42-15-29(57)45-24(13-27(41)55)34(60)46-23(12-21-7-9-22(54)10-8-21)33(59)47-25(16-51)39(65)66/h7-10,17-20,23-26,30-31,51-54H,5-6,11-16,40H2,1-4H3,(H2,41,55)(H,42,58)(H,43,63)(H,44,62)(H,45,57)(H,46,60)(H,47,59)(H,48,56)(H,49,61)(H,65,66)/t17-,18-,19+,20+,23-,24-,25-,26-,30-,31-/m0/s1. The lowest BCUT2D eigenvalue weighted by Crippen LogP contribution is -2.61. The van der Waals surface area contributed by atoms with Gasteiger partial charge in [0.05, 0.1) is 38.3 Å². The summed E-state index contributed by atoms with van der Waals surface area (Å²) >= 11 is 0. The fourth-order valence-corrected chi connectivity index (χ4v) is 6.36. The van der Waals surface area contributed by atoms with Crippen molar-refractivity contribution in [2.24, 2.45) is 11.5 Å². The normalized spacial score (nSPS) is 17.3. The van der Waals surface area contributed by atoms with Crippen LogP contribution in [0.25, 0.3) is 0 Å². The van der Waals surface area contributed by atoms with E-state index in [0.29, 0.717) is 12.0 Å². The molecular formula is C39H59N11O16. The number of likely N-dealkylation sites (tertiary alicyclic amines) is 1. The van der Waals surface area contributed by atoms with Gasteiger partial charge in [-0.05, 0) is 58.2 Å². The highest BCUT2D eigenvalue weighted by Gasteiger charge is 2.40. The van der Waals surface area contributed by atoms with Crippen LogP contribution in [0.2, 0.25) is 0 Å². The number of phenols is 1. The smallest absolute Gasteiger partial charge is 0.328 e. The summed E-state index contributed by atoms with van der Waals surface area (Å²) in [5.74, 6) is -11.3. The van der Waals surface area contributed by atoms with E-state index in [9.17, 15) is 78.3 Å². The number of aliphatic hydroxyl groups excluding tert-OH is 3. The average molecular weight is 938 g/mol. The summed E-state index contributed by atoms with van der Waals surface area (Å²) in [6.07, 6.45) is -3.53. The van der Waals surface area contributed by atoms with E-state index in [1.165, 1.54) is 52.0 Å². The summed E-state index contributed by atoms with van der Waals surface area (Å²) in [5.41, 5.74) is 10.9. The Morgan fingerprint density at radius 3 is 1.77 bits per heavy atom. The number of hydrogen-bond donors (Lipinski definition) is 15. The summed E-state index contributed by atoms with van der Waals surface area (Å²) in [6, 6.07) is -6.66. The molecule has 0 spiro atoms. The number of hydrogen-bond acceptors (Lipinski definition) is 16. The average Bonchev–Trinajstić information content (AvgIpc) is 3.75. The van der Waals surface area contributed by atoms with Gasteiger partial charge in [0.1, 0.15) is 54.1 Å². The van der Waals surface area contributed by atoms with E-state index in [4.69, 9.17) is 11.5 Å². The van der Waals surface area contributed by atoms with Crippen molar-refractivity contribution in [3.63, 3.8) is 0 Å². The van der Waals surface area contributed by atoms with E-state index in [0.717, 1.165) is 4.90 Å². The summed E-state index contributed by atoms with van der Waals surface area (Å²) < 4.78 is 0. The van der Waals surface area contributed by atoms with Gasteiger partial charge in [0.15, 0.2) is 0 Å². The number of rotatable bonds is 25. The molecule has 0 saturated carbocycles. The second-order valence-electron chi connectivity index (χ2n) is 15.4. The molecule has 1 heterocycles. The van der Waals surface area contributed by atoms with E-state index in [-0.39, 0.29) is 25.1 Å². The number of nitrogens with two attached hydrogens (primary N) is 2. The summed E-state index contributed by atoms with van der Waals surface area (Å²) in [7, 11) is 0. The highest BCUT2D eigenvalue weighted by Crippen LogP contribution is 2.19. The molecule has 10 atom stereocenters. The van der Waals surface area contributed by atoms with Crippen LogP contribution in [0.4, 0.5) is 0 Å². The third-order valence-corrected chi connectivity index (χ3v) is 9.94. The third kappa shape index (κ3) is 17.2. The first-order chi connectivity index (χ1) is 30.9. The third-order valence-electron chi connectivity index (χ3n) is 9.94. The van der Waals surface area contributed by atoms with E-state index in [1.807, 2.05) is 0 Å². The van der Waals surface area contributed by atoms with E-state index in [1.54, 1.807) is 0 Å². The number of carbonyl (C=O) groups is 11. The van der Waals surface area contributed by atoms with Crippen molar-refractivity contribution in [1.82, 2.24) is 47.4 Å². The maximum absolute atomic E-state index is 13.4. The number of nitrogens with zero attached hydrogens (tertiary/aromatic N) is 1. The molecule has 366 valence electrons. The van der Waals surface area contributed by atoms with Crippen LogP contribution in [0.15, 0.2) is 24.3 Å². The van der Waals surface area contributed by atoms with Crippen molar-refractivity contribution in [1.29, 1.82) is 0 Å². The van der Waals surface area contributed by atoms with Gasteiger partial charge in [0.2, 0.25) is 59.1 Å². The van der Waals surface area contributed by atoms with E-state index < -0.39 is 152 Å². The first kappa shape index (κ1) is 55.2. The minimum absolute atomic E-state index is 0.0737. The quantitative estimate of drug-likeness (QED) is 0.0433. The Morgan fingerprint density at radius 1 is 0.697 bits per heavy atom. The SMILES string of the molecule is C[C@H](NC(=O)[C@@H](NC(=O)[C@@H]1CCCN1C(=O)[C@H](C)NC(=O)[C@@H](NC(=O)CN)[C@@H](C)O)[C@@H](C)O)C(=O)NCC(=O)N[C@@H](CC(N)=O)C(=O)N[C@@H](Cc1ccc(O)cc1)C(=O)N[C@@H](CO)C(=O)O. The molecule has 1 aliphatic rings. The van der Waals surface area contributed by atoms with Crippen molar-refractivity contribution in [2.75, 3.05) is 26.2 Å². The predicted octanol–water partition coefficient (Wildman–Crippen LogP) is -7.85. The number of carboxylic acids is 1. The lowest BCUT2D eigenvalue weighted by Gasteiger charge is -2.30. The Morgan fingerprint density at radius 2 is 1.24 bits per heavy atom. The summed E-state index contributed by atoms with van der Waals surface area (Å²) in [4.78, 5) is 141. The molecule has 17 N–H and O–H groups in total. The molecule has 1 aliphatic heterocycles. The van der Waals surface area contributed by atoms with Gasteiger partial charge < -0.3 is 84.4 Å². The Bertz CT molecular complexity index is 1950. The molecule has 0 radical (unpaired) electrons. The Kier molecular flexibility index (Phi) is 21.8. The maximum atomic E-state index is 13.4. The Labute approximate surface area is 377 Å². The Balaban J connectivity index is 2.06. The number of nitrogens with one attached hydrogen (secondary N) is 8. The van der Waals surface area contributed by atoms with Gasteiger partial charge in [-0.3, -0.25) is 47.9 Å². The zero-order valence-electron chi connectivity index (χ0n) is 36.6. The first-order valence-corrected chi connectivity index (χ1v) is 20.5. The van der Waals surface area contributed by atoms with Gasteiger partial charge in [-0.2, -0.15) is 0 Å². The number of aliphatic hydroxyl groups is 3. The van der Waals surface area contributed by atoms with Gasteiger partial charge in [0.25, 0.3) is 0 Å². The highest BCUT2D eigenvalue weighted by atomic mass is 16.4. The van der Waals surface area contributed by atoms with Crippen LogP contribution in [0, 0.1) is 0 Å². The number of phenolic OH excluding ortho intramolecular Hbond substituents is 1. The second-order valence-corrected chi connectivity index (χ2v) is 15.4. The van der Waals surface area contributed by atoms with Crippen molar-refractivity contribution in [2.45, 2.75) is 114 Å². The minimum Gasteiger partial charge on any atom is -0.508 e. The fourth-order valence-electron chi connectivity index (χ4n) is 6.36. The van der Waals surface area contributed by atoms with Crippen molar-refractivity contribution < 1.29 is 78.3 Å². The van der Waals surface area contributed by atoms with E-state index in [2.05, 4.69) is 42.5 Å². The van der Waals surface area contributed by atoms with Crippen LogP contribution in [-0.2, 0) is 59.2 Å². The van der Waals surface area contributed by atoms with Gasteiger partial charge >= 0.3 is 5.97 Å². The number of amides is 10. The lowest BCUT2D eigenvalue weighted by molar-refractivity contribution is -0.143. The topological polar surface area (TPSA) is 440 Å². The van der Waals surface area contributed by atoms with Crippen LogP contribution < -0.4 is 54.0 Å². The maximum Gasteiger partial charge on any atom is 0.328 e. The van der Waals surface area contributed by atoms with Crippen molar-refractivity contribution >= 4 is 65.0 Å². The van der Waals surface area contributed by atoms with Crippen molar-refractivity contribution in [3.05, 3.63) is 29.8 Å². The molecule has 1 aromatic rings. The number of carbonyl (C=O) groups excluding carboxylic acids is 10. The molecule has 27 heteroatoms. The molecule has 1 saturated heterocycles. The molecule has 0 unspecified atom stereocenters. The lowest BCUT2D eigenvalue weighted by atomic mass is 10.0. The molecule has 10 amide bonds. The Hall–Kier alpha value is -6.97. The molecule has 2 rings (SSSR count).